The molecule has 4 N–H and O–H groups in total. The highest BCUT2D eigenvalue weighted by Gasteiger charge is 2.31. The lowest BCUT2D eigenvalue weighted by Gasteiger charge is -2.19. The molecular weight excluding hydrogens is 212 g/mol. The smallest absolute Gasteiger partial charge is 0.326 e. The first-order chi connectivity index (χ1) is 7.56. The van der Waals surface area contributed by atoms with E-state index in [-0.39, 0.29) is 30.9 Å². The highest BCUT2D eigenvalue weighted by atomic mass is 16.4. The number of aliphatic hydroxyl groups is 1. The Morgan fingerprint density at radius 2 is 2.25 bits per heavy atom. The second-order valence-corrected chi connectivity index (χ2v) is 4.11. The van der Waals surface area contributed by atoms with E-state index in [4.69, 9.17) is 10.2 Å². The fourth-order valence-corrected chi connectivity index (χ4v) is 1.83. The quantitative estimate of drug-likeness (QED) is 0.482. The minimum atomic E-state index is -1.12. The molecule has 6 nitrogen and oxygen atoms in total. The third kappa shape index (κ3) is 3.18. The average Bonchev–Trinajstić information content (AvgIpc) is 2.63. The molecular formula is C10H18N2O4. The van der Waals surface area contributed by atoms with E-state index < -0.39 is 12.0 Å². The fourth-order valence-electron chi connectivity index (χ4n) is 1.83. The minimum absolute atomic E-state index is 0.0299. The van der Waals surface area contributed by atoms with Crippen LogP contribution >= 0.6 is 0 Å². The number of carbonyl (C=O) groups excluding carboxylic acids is 1. The van der Waals surface area contributed by atoms with Crippen molar-refractivity contribution in [1.29, 1.82) is 0 Å². The van der Waals surface area contributed by atoms with Gasteiger partial charge in [0.25, 0.3) is 0 Å². The number of aliphatic hydroxyl groups excluding tert-OH is 1. The van der Waals surface area contributed by atoms with Crippen molar-refractivity contribution in [3.63, 3.8) is 0 Å². The summed E-state index contributed by atoms with van der Waals surface area (Å²) >= 11 is 0. The van der Waals surface area contributed by atoms with Crippen LogP contribution in [0.1, 0.15) is 19.8 Å². The molecule has 0 saturated carbocycles. The number of carbonyl (C=O) groups is 2. The van der Waals surface area contributed by atoms with Gasteiger partial charge >= 0.3 is 5.97 Å². The Hall–Kier alpha value is -1.14. The van der Waals surface area contributed by atoms with Crippen molar-refractivity contribution >= 4 is 11.9 Å². The van der Waals surface area contributed by atoms with Gasteiger partial charge in [-0.25, -0.2) is 4.79 Å². The van der Waals surface area contributed by atoms with Crippen molar-refractivity contribution in [2.24, 2.45) is 5.92 Å². The predicted molar refractivity (Wildman–Crippen MR) is 56.8 cm³/mol. The van der Waals surface area contributed by atoms with Crippen LogP contribution in [0.25, 0.3) is 0 Å². The zero-order valence-corrected chi connectivity index (χ0v) is 9.27. The summed E-state index contributed by atoms with van der Waals surface area (Å²) in [7, 11) is 0. The monoisotopic (exact) mass is 230 g/mol. The summed E-state index contributed by atoms with van der Waals surface area (Å²) in [5, 5.41) is 23.0. The topological polar surface area (TPSA) is 98.7 Å². The van der Waals surface area contributed by atoms with Crippen LogP contribution in [0, 0.1) is 5.92 Å². The molecule has 0 spiro atoms. The van der Waals surface area contributed by atoms with Crippen LogP contribution in [0.4, 0.5) is 0 Å². The van der Waals surface area contributed by atoms with Gasteiger partial charge in [-0.3, -0.25) is 4.79 Å². The summed E-state index contributed by atoms with van der Waals surface area (Å²) in [5.41, 5.74) is 0. The lowest BCUT2D eigenvalue weighted by Crippen LogP contribution is -2.50. The third-order valence-corrected chi connectivity index (χ3v) is 2.85. The first-order valence-electron chi connectivity index (χ1n) is 5.43. The summed E-state index contributed by atoms with van der Waals surface area (Å²) in [6.45, 7) is 2.47. The molecule has 0 aromatic carbocycles. The Kier molecular flexibility index (Phi) is 4.70. The van der Waals surface area contributed by atoms with Crippen molar-refractivity contribution in [2.45, 2.75) is 31.8 Å². The van der Waals surface area contributed by atoms with E-state index in [1.807, 2.05) is 6.92 Å². The molecule has 3 atom stereocenters. The van der Waals surface area contributed by atoms with Crippen LogP contribution in [0.2, 0.25) is 0 Å². The SMILES string of the molecule is CC1CCNC1C(=O)NC(CCO)C(=O)O. The molecule has 0 radical (unpaired) electrons. The van der Waals surface area contributed by atoms with Gasteiger partial charge in [0.15, 0.2) is 0 Å². The van der Waals surface area contributed by atoms with E-state index in [9.17, 15) is 9.59 Å². The number of nitrogens with one attached hydrogen (secondary N) is 2. The normalized spacial score (nSPS) is 26.4. The van der Waals surface area contributed by atoms with Crippen molar-refractivity contribution in [3.8, 4) is 0 Å². The lowest BCUT2D eigenvalue weighted by molar-refractivity contribution is -0.142. The highest BCUT2D eigenvalue weighted by Crippen LogP contribution is 2.14. The number of rotatable bonds is 5. The minimum Gasteiger partial charge on any atom is -0.480 e. The van der Waals surface area contributed by atoms with Gasteiger partial charge in [-0.2, -0.15) is 0 Å². The zero-order chi connectivity index (χ0) is 12.1. The lowest BCUT2D eigenvalue weighted by atomic mass is 10.0. The van der Waals surface area contributed by atoms with Crippen molar-refractivity contribution in [1.82, 2.24) is 10.6 Å². The molecule has 16 heavy (non-hydrogen) atoms. The maximum absolute atomic E-state index is 11.7. The summed E-state index contributed by atoms with van der Waals surface area (Å²) in [4.78, 5) is 22.5. The van der Waals surface area contributed by atoms with Crippen LogP contribution in [0.5, 0.6) is 0 Å². The van der Waals surface area contributed by atoms with Gasteiger partial charge in [-0.05, 0) is 18.9 Å². The van der Waals surface area contributed by atoms with E-state index in [1.54, 1.807) is 0 Å². The van der Waals surface area contributed by atoms with E-state index in [2.05, 4.69) is 10.6 Å². The van der Waals surface area contributed by atoms with Gasteiger partial charge in [-0.15, -0.1) is 0 Å². The summed E-state index contributed by atoms with van der Waals surface area (Å²) in [5.74, 6) is -1.21. The summed E-state index contributed by atoms with van der Waals surface area (Å²) in [6, 6.07) is -1.33. The van der Waals surface area contributed by atoms with Gasteiger partial charge in [0.2, 0.25) is 5.91 Å². The summed E-state index contributed by atoms with van der Waals surface area (Å²) < 4.78 is 0. The molecule has 1 fully saturated rings. The second kappa shape index (κ2) is 5.81. The maximum Gasteiger partial charge on any atom is 0.326 e. The van der Waals surface area contributed by atoms with E-state index >= 15 is 0 Å². The van der Waals surface area contributed by atoms with Crippen LogP contribution in [-0.2, 0) is 9.59 Å². The molecule has 1 heterocycles. The molecule has 1 saturated heterocycles. The molecule has 1 aliphatic rings. The molecule has 92 valence electrons. The van der Waals surface area contributed by atoms with Gasteiger partial charge in [0.1, 0.15) is 6.04 Å². The van der Waals surface area contributed by atoms with Crippen LogP contribution in [0.3, 0.4) is 0 Å². The zero-order valence-electron chi connectivity index (χ0n) is 9.27. The van der Waals surface area contributed by atoms with E-state index in [0.717, 1.165) is 13.0 Å². The molecule has 1 rings (SSSR count). The Bertz CT molecular complexity index is 270. The predicted octanol–water partition coefficient (Wildman–Crippen LogP) is -1.06. The van der Waals surface area contributed by atoms with Crippen LogP contribution in [0.15, 0.2) is 0 Å². The fraction of sp³-hybridized carbons (Fsp3) is 0.800. The second-order valence-electron chi connectivity index (χ2n) is 4.11. The molecule has 6 heteroatoms. The number of hydrogen-bond donors (Lipinski definition) is 4. The third-order valence-electron chi connectivity index (χ3n) is 2.85. The van der Waals surface area contributed by atoms with E-state index in [1.165, 1.54) is 0 Å². The summed E-state index contributed by atoms with van der Waals surface area (Å²) in [6.07, 6.45) is 0.942. The van der Waals surface area contributed by atoms with Gasteiger partial charge in [0, 0.05) is 13.0 Å². The number of carboxylic acids is 1. The van der Waals surface area contributed by atoms with E-state index in [0.29, 0.717) is 0 Å². The van der Waals surface area contributed by atoms with Crippen LogP contribution in [-0.4, -0.2) is 47.3 Å². The molecule has 0 bridgehead atoms. The number of amides is 1. The largest absolute Gasteiger partial charge is 0.480 e. The van der Waals surface area contributed by atoms with Crippen LogP contribution < -0.4 is 10.6 Å². The van der Waals surface area contributed by atoms with Crippen molar-refractivity contribution < 1.29 is 19.8 Å². The van der Waals surface area contributed by atoms with Gasteiger partial charge < -0.3 is 20.8 Å². The maximum atomic E-state index is 11.7. The standard InChI is InChI=1S/C10H18N2O4/c1-6-2-4-11-8(6)9(14)12-7(3-5-13)10(15)16/h6-8,11,13H,2-5H2,1H3,(H,12,14)(H,15,16). The Morgan fingerprint density at radius 3 is 2.69 bits per heavy atom. The number of aliphatic carboxylic acids is 1. The molecule has 0 aromatic rings. The Balaban J connectivity index is 2.50. The van der Waals surface area contributed by atoms with Crippen molar-refractivity contribution in [3.05, 3.63) is 0 Å². The Labute approximate surface area is 94.0 Å². The Morgan fingerprint density at radius 1 is 1.56 bits per heavy atom. The highest BCUT2D eigenvalue weighted by molar-refractivity contribution is 5.87. The molecule has 1 amide bonds. The van der Waals surface area contributed by atoms with Crippen molar-refractivity contribution in [2.75, 3.05) is 13.2 Å². The van der Waals surface area contributed by atoms with Gasteiger partial charge in [-0.1, -0.05) is 6.92 Å². The molecule has 0 aliphatic carbocycles. The first kappa shape index (κ1) is 12.9. The number of hydrogen-bond acceptors (Lipinski definition) is 4. The molecule has 0 aromatic heterocycles. The first-order valence-corrected chi connectivity index (χ1v) is 5.43. The molecule has 1 aliphatic heterocycles. The molecule has 3 unspecified atom stereocenters. The number of carboxylic acid groups (broad SMARTS) is 1. The average molecular weight is 230 g/mol. The van der Waals surface area contributed by atoms with Gasteiger partial charge in [0.05, 0.1) is 6.04 Å².